The molecule has 4 aromatic heterocycles. The smallest absolute Gasteiger partial charge is 0.124 e. The van der Waals surface area contributed by atoms with Crippen LogP contribution < -0.4 is 0 Å². The fourth-order valence-corrected chi connectivity index (χ4v) is 9.64. The summed E-state index contributed by atoms with van der Waals surface area (Å²) in [5.41, 5.74) is 8.48. The van der Waals surface area contributed by atoms with Crippen molar-refractivity contribution in [2.24, 2.45) is 0 Å². The van der Waals surface area contributed by atoms with Crippen molar-refractivity contribution in [1.29, 1.82) is 0 Å². The number of aromatic nitrogens is 2. The molecule has 10 rings (SSSR count). The van der Waals surface area contributed by atoms with Crippen molar-refractivity contribution in [3.8, 4) is 27.9 Å². The van der Waals surface area contributed by atoms with Crippen molar-refractivity contribution >= 4 is 85.0 Å². The first-order chi connectivity index (χ1) is 22.3. The zero-order chi connectivity index (χ0) is 29.5. The van der Waals surface area contributed by atoms with Gasteiger partial charge >= 0.3 is 0 Å². The van der Waals surface area contributed by atoms with Crippen LogP contribution in [0.25, 0.3) is 90.2 Å². The van der Waals surface area contributed by atoms with Crippen molar-refractivity contribution in [3.05, 3.63) is 146 Å². The van der Waals surface area contributed by atoms with Gasteiger partial charge in [-0.3, -0.25) is 0 Å². The van der Waals surface area contributed by atoms with Crippen LogP contribution >= 0.6 is 22.7 Å². The lowest BCUT2D eigenvalue weighted by atomic mass is 9.98. The lowest BCUT2D eigenvalue weighted by Crippen LogP contribution is -1.96. The van der Waals surface area contributed by atoms with Gasteiger partial charge in [-0.15, -0.1) is 22.7 Å². The van der Waals surface area contributed by atoms with Crippen molar-refractivity contribution in [2.75, 3.05) is 0 Å². The molecule has 210 valence electrons. The van der Waals surface area contributed by atoms with E-state index in [1.165, 1.54) is 79.7 Å². The highest BCUT2D eigenvalue weighted by Gasteiger charge is 2.25. The molecule has 0 saturated heterocycles. The first-order valence-electron chi connectivity index (χ1n) is 15.1. The molecule has 0 radical (unpaired) electrons. The van der Waals surface area contributed by atoms with E-state index in [4.69, 9.17) is 4.98 Å². The van der Waals surface area contributed by atoms with E-state index in [0.717, 1.165) is 10.5 Å². The Bertz CT molecular complexity index is 2660. The molecule has 0 spiro atoms. The Balaban J connectivity index is 1.45. The predicted molar refractivity (Wildman–Crippen MR) is 195 cm³/mol. The van der Waals surface area contributed by atoms with Crippen LogP contribution in [0.15, 0.2) is 146 Å². The lowest BCUT2D eigenvalue weighted by Gasteiger charge is -2.15. The van der Waals surface area contributed by atoms with Gasteiger partial charge in [0.05, 0.1) is 11.0 Å². The number of hydrogen-bond acceptors (Lipinski definition) is 3. The average Bonchev–Trinajstić information content (AvgIpc) is 3.78. The van der Waals surface area contributed by atoms with Gasteiger partial charge in [-0.25, -0.2) is 4.98 Å². The molecule has 10 aromatic rings. The number of fused-ring (bicyclic) bond motifs is 12. The van der Waals surface area contributed by atoms with Gasteiger partial charge in [0, 0.05) is 58.3 Å². The zero-order valence-electron chi connectivity index (χ0n) is 24.1. The minimum atomic E-state index is 1.09. The molecule has 0 atom stereocenters. The van der Waals surface area contributed by atoms with Crippen LogP contribution in [0.3, 0.4) is 0 Å². The molecular formula is C41H24N2S2. The maximum atomic E-state index is 4.84. The van der Waals surface area contributed by atoms with E-state index in [9.17, 15) is 0 Å². The third-order valence-corrected chi connectivity index (χ3v) is 11.3. The summed E-state index contributed by atoms with van der Waals surface area (Å²) < 4.78 is 6.49. The summed E-state index contributed by atoms with van der Waals surface area (Å²) in [4.78, 5) is 5.93. The number of nitrogens with zero attached hydrogens (tertiary/aromatic N) is 2. The summed E-state index contributed by atoms with van der Waals surface area (Å²) >= 11 is 3.73. The van der Waals surface area contributed by atoms with Gasteiger partial charge < -0.3 is 4.57 Å². The zero-order valence-corrected chi connectivity index (χ0v) is 25.7. The normalized spacial score (nSPS) is 12.0. The molecule has 0 unspecified atom stereocenters. The summed E-state index contributed by atoms with van der Waals surface area (Å²) in [6.07, 6.45) is 1.92. The molecule has 0 bridgehead atoms. The molecule has 0 aliphatic heterocycles. The molecule has 0 aliphatic rings. The van der Waals surface area contributed by atoms with Gasteiger partial charge in [0.1, 0.15) is 4.83 Å². The van der Waals surface area contributed by atoms with E-state index in [0.29, 0.717) is 0 Å². The fourth-order valence-electron chi connectivity index (χ4n) is 7.10. The molecular weight excluding hydrogens is 585 g/mol. The summed E-state index contributed by atoms with van der Waals surface area (Å²) in [5, 5.41) is 7.78. The second-order valence-corrected chi connectivity index (χ2v) is 13.6. The highest BCUT2D eigenvalue weighted by Crippen LogP contribution is 2.52. The minimum absolute atomic E-state index is 1.09. The topological polar surface area (TPSA) is 17.8 Å². The molecule has 45 heavy (non-hydrogen) atoms. The van der Waals surface area contributed by atoms with E-state index in [1.54, 1.807) is 0 Å². The van der Waals surface area contributed by atoms with E-state index in [1.807, 2.05) is 28.9 Å². The highest BCUT2D eigenvalue weighted by atomic mass is 32.1. The Kier molecular flexibility index (Phi) is 5.35. The van der Waals surface area contributed by atoms with Crippen molar-refractivity contribution in [3.63, 3.8) is 0 Å². The van der Waals surface area contributed by atoms with Crippen molar-refractivity contribution in [1.82, 2.24) is 9.55 Å². The van der Waals surface area contributed by atoms with Crippen LogP contribution in [-0.2, 0) is 0 Å². The van der Waals surface area contributed by atoms with Crippen molar-refractivity contribution < 1.29 is 0 Å². The Labute approximate surface area is 267 Å². The Morgan fingerprint density at radius 2 is 1.07 bits per heavy atom. The molecule has 0 amide bonds. The molecule has 6 aromatic carbocycles. The average molecular weight is 609 g/mol. The van der Waals surface area contributed by atoms with Crippen LogP contribution in [0, 0.1) is 0 Å². The van der Waals surface area contributed by atoms with Gasteiger partial charge in [-0.05, 0) is 64.7 Å². The summed E-state index contributed by atoms with van der Waals surface area (Å²) in [5.74, 6) is 0. The minimum Gasteiger partial charge on any atom is -0.308 e. The molecule has 0 N–H and O–H groups in total. The molecule has 4 heteroatoms. The number of pyridine rings is 1. The maximum absolute atomic E-state index is 4.84. The first-order valence-corrected chi connectivity index (χ1v) is 16.8. The van der Waals surface area contributed by atoms with Crippen LogP contribution in [0.2, 0.25) is 0 Å². The quantitative estimate of drug-likeness (QED) is 0.195. The third-order valence-electron chi connectivity index (χ3n) is 9.02. The number of benzene rings is 6. The summed E-state index contributed by atoms with van der Waals surface area (Å²) in [6, 6.07) is 50.7. The Morgan fingerprint density at radius 1 is 0.467 bits per heavy atom. The predicted octanol–water partition coefficient (Wildman–Crippen LogP) is 12.2. The summed E-state index contributed by atoms with van der Waals surface area (Å²) in [6.45, 7) is 0. The lowest BCUT2D eigenvalue weighted by molar-refractivity contribution is 1.19. The standard InChI is InChI=1S/C41H24N2S2/c1-3-12-25(13-4-1)27-22-28(26-14-5-2-6-15-26)24-29(23-27)43-33-19-9-7-16-30(33)35-38(43)36-31-17-8-10-20-34(31)44-39(36)37-32-18-11-21-42-41(32)45-40(35)37/h1-24H. The van der Waals surface area contributed by atoms with Crippen LogP contribution in [0.5, 0.6) is 0 Å². The number of rotatable bonds is 3. The van der Waals surface area contributed by atoms with Gasteiger partial charge in [-0.2, -0.15) is 0 Å². The van der Waals surface area contributed by atoms with Gasteiger partial charge in [0.25, 0.3) is 0 Å². The van der Waals surface area contributed by atoms with E-state index < -0.39 is 0 Å². The highest BCUT2D eigenvalue weighted by molar-refractivity contribution is 7.30. The SMILES string of the molecule is c1ccc(-c2cc(-c3ccccc3)cc(-n3c4ccccc4c4c5sc6ncccc6c5c5sc6ccccc6c5c43)c2)cc1. The molecule has 0 fully saturated rings. The molecule has 0 aliphatic carbocycles. The van der Waals surface area contributed by atoms with Gasteiger partial charge in [0.15, 0.2) is 0 Å². The second-order valence-electron chi connectivity index (χ2n) is 11.5. The van der Waals surface area contributed by atoms with Gasteiger partial charge in [-0.1, -0.05) is 97.1 Å². The number of hydrogen-bond donors (Lipinski definition) is 0. The number of para-hydroxylation sites is 1. The number of thiophene rings is 2. The van der Waals surface area contributed by atoms with Crippen LogP contribution in [-0.4, -0.2) is 9.55 Å². The summed E-state index contributed by atoms with van der Waals surface area (Å²) in [7, 11) is 0. The Morgan fingerprint density at radius 3 is 1.82 bits per heavy atom. The van der Waals surface area contributed by atoms with E-state index >= 15 is 0 Å². The largest absolute Gasteiger partial charge is 0.308 e. The van der Waals surface area contributed by atoms with E-state index in [2.05, 4.69) is 144 Å². The van der Waals surface area contributed by atoms with Crippen LogP contribution in [0.4, 0.5) is 0 Å². The Hall–Kier alpha value is -5.29. The van der Waals surface area contributed by atoms with Crippen molar-refractivity contribution in [2.45, 2.75) is 0 Å². The first kappa shape index (κ1) is 25.1. The second kappa shape index (κ2) is 9.60. The molecule has 0 saturated carbocycles. The van der Waals surface area contributed by atoms with Crippen LogP contribution in [0.1, 0.15) is 0 Å². The van der Waals surface area contributed by atoms with Gasteiger partial charge in [0.2, 0.25) is 0 Å². The molecule has 4 heterocycles. The fraction of sp³-hybridized carbons (Fsp3) is 0. The monoisotopic (exact) mass is 608 g/mol. The molecule has 2 nitrogen and oxygen atoms in total. The van der Waals surface area contributed by atoms with E-state index in [-0.39, 0.29) is 0 Å². The third kappa shape index (κ3) is 3.64. The maximum Gasteiger partial charge on any atom is 0.124 e.